The third-order valence-electron chi connectivity index (χ3n) is 9.38. The summed E-state index contributed by atoms with van der Waals surface area (Å²) in [4.78, 5) is 0. The van der Waals surface area contributed by atoms with E-state index in [-0.39, 0.29) is 6.17 Å². The summed E-state index contributed by atoms with van der Waals surface area (Å²) in [7, 11) is 0. The lowest BCUT2D eigenvalue weighted by Gasteiger charge is -2.28. The predicted octanol–water partition coefficient (Wildman–Crippen LogP) is 10.5. The van der Waals surface area contributed by atoms with Crippen LogP contribution in [-0.2, 0) is 6.54 Å². The predicted molar refractivity (Wildman–Crippen MR) is 202 cm³/mol. The van der Waals surface area contributed by atoms with Crippen molar-refractivity contribution in [3.8, 4) is 22.3 Å². The third kappa shape index (κ3) is 5.87. The zero-order valence-electron chi connectivity index (χ0n) is 26.7. The Kier molecular flexibility index (Phi) is 8.24. The lowest BCUT2D eigenvalue weighted by Crippen LogP contribution is -2.40. The number of nitrogens with one attached hydrogen (secondary N) is 2. The van der Waals surface area contributed by atoms with E-state index in [9.17, 15) is 0 Å². The second-order valence-corrected chi connectivity index (χ2v) is 12.4. The van der Waals surface area contributed by atoms with E-state index in [1.165, 1.54) is 65.7 Å². The maximum atomic E-state index is 6.97. The molecule has 4 N–H and O–H groups in total. The summed E-state index contributed by atoms with van der Waals surface area (Å²) < 4.78 is 0. The molecule has 0 fully saturated rings. The molecule has 0 bridgehead atoms. The van der Waals surface area contributed by atoms with Crippen LogP contribution in [0.3, 0.4) is 0 Å². The fourth-order valence-corrected chi connectivity index (χ4v) is 7.02. The molecular weight excluding hydrogens is 583 g/mol. The van der Waals surface area contributed by atoms with Gasteiger partial charge in [0, 0.05) is 6.54 Å². The van der Waals surface area contributed by atoms with Crippen molar-refractivity contribution in [1.29, 1.82) is 0 Å². The Morgan fingerprint density at radius 1 is 0.479 bits per heavy atom. The minimum Gasteiger partial charge on any atom is -0.312 e. The number of benzene rings is 8. The number of rotatable bonds is 9. The van der Waals surface area contributed by atoms with Crippen molar-refractivity contribution in [2.24, 2.45) is 5.73 Å². The summed E-state index contributed by atoms with van der Waals surface area (Å²) in [5.74, 6) is 0. The Bertz CT molecular complexity index is 2330. The van der Waals surface area contributed by atoms with Crippen molar-refractivity contribution < 1.29 is 0 Å². The molecule has 3 heteroatoms. The summed E-state index contributed by atoms with van der Waals surface area (Å²) in [6.45, 7) is 0.625. The first kappa shape index (κ1) is 29.8. The van der Waals surface area contributed by atoms with Crippen LogP contribution >= 0.6 is 0 Å². The first-order valence-electron chi connectivity index (χ1n) is 16.6. The van der Waals surface area contributed by atoms with Gasteiger partial charge < -0.3 is 5.73 Å². The van der Waals surface area contributed by atoms with Gasteiger partial charge in [0.2, 0.25) is 0 Å². The van der Waals surface area contributed by atoms with Crippen molar-refractivity contribution >= 4 is 32.3 Å². The molecule has 0 aromatic heterocycles. The highest BCUT2D eigenvalue weighted by Crippen LogP contribution is 2.38. The first-order valence-corrected chi connectivity index (χ1v) is 16.6. The van der Waals surface area contributed by atoms with Crippen LogP contribution in [-0.4, -0.2) is 0 Å². The van der Waals surface area contributed by atoms with Crippen LogP contribution in [0.2, 0.25) is 0 Å². The molecule has 0 spiro atoms. The van der Waals surface area contributed by atoms with E-state index in [1.807, 2.05) is 18.2 Å². The normalized spacial score (nSPS) is 12.8. The molecule has 2 atom stereocenters. The molecule has 8 aromatic rings. The quantitative estimate of drug-likeness (QED) is 0.0856. The Morgan fingerprint density at radius 3 is 1.83 bits per heavy atom. The first-order chi connectivity index (χ1) is 23.7. The molecule has 232 valence electrons. The van der Waals surface area contributed by atoms with Crippen molar-refractivity contribution in [3.63, 3.8) is 0 Å². The number of hydrogen-bond donors (Lipinski definition) is 3. The maximum absolute atomic E-state index is 6.97. The second-order valence-electron chi connectivity index (χ2n) is 12.4. The smallest absolute Gasteiger partial charge is 0.0864 e. The van der Waals surface area contributed by atoms with Crippen LogP contribution in [0.25, 0.3) is 54.6 Å². The van der Waals surface area contributed by atoms with Crippen molar-refractivity contribution in [1.82, 2.24) is 10.6 Å². The van der Waals surface area contributed by atoms with Crippen LogP contribution in [0.4, 0.5) is 0 Å². The fraction of sp³-hybridized carbons (Fsp3) is 0.0667. The molecule has 0 aliphatic heterocycles. The molecule has 8 rings (SSSR count). The molecule has 0 saturated carbocycles. The summed E-state index contributed by atoms with van der Waals surface area (Å²) in [5, 5.41) is 15.1. The van der Waals surface area contributed by atoms with Crippen LogP contribution in [0.5, 0.6) is 0 Å². The van der Waals surface area contributed by atoms with Gasteiger partial charge in [0.05, 0.1) is 12.3 Å². The molecule has 48 heavy (non-hydrogen) atoms. The van der Waals surface area contributed by atoms with Crippen LogP contribution in [0.1, 0.15) is 29.0 Å². The van der Waals surface area contributed by atoms with Crippen LogP contribution < -0.4 is 16.4 Å². The van der Waals surface area contributed by atoms with E-state index in [1.54, 1.807) is 0 Å². The van der Waals surface area contributed by atoms with Gasteiger partial charge in [-0.05, 0) is 83.4 Å². The summed E-state index contributed by atoms with van der Waals surface area (Å²) in [6.07, 6.45) is -0.666. The van der Waals surface area contributed by atoms with Crippen molar-refractivity contribution in [2.45, 2.75) is 18.9 Å². The Balaban J connectivity index is 1.30. The van der Waals surface area contributed by atoms with Gasteiger partial charge >= 0.3 is 0 Å². The van der Waals surface area contributed by atoms with E-state index >= 15 is 0 Å². The van der Waals surface area contributed by atoms with Crippen molar-refractivity contribution in [2.75, 3.05) is 0 Å². The highest BCUT2D eigenvalue weighted by atomic mass is 15.2. The van der Waals surface area contributed by atoms with Gasteiger partial charge in [-0.1, -0.05) is 164 Å². The fourth-order valence-electron chi connectivity index (χ4n) is 7.02. The average Bonchev–Trinajstić information content (AvgIpc) is 3.16. The van der Waals surface area contributed by atoms with Gasteiger partial charge in [-0.2, -0.15) is 0 Å². The van der Waals surface area contributed by atoms with Crippen LogP contribution in [0, 0.1) is 0 Å². The van der Waals surface area contributed by atoms with E-state index < -0.39 is 6.17 Å². The molecule has 2 unspecified atom stereocenters. The van der Waals surface area contributed by atoms with E-state index in [0.29, 0.717) is 6.54 Å². The molecule has 8 aromatic carbocycles. The third-order valence-corrected chi connectivity index (χ3v) is 9.38. The molecular formula is C45H37N3. The zero-order valence-corrected chi connectivity index (χ0v) is 26.7. The molecule has 0 aliphatic carbocycles. The van der Waals surface area contributed by atoms with E-state index in [0.717, 1.165) is 5.56 Å². The Hall–Kier alpha value is -5.58. The molecule has 0 saturated heterocycles. The van der Waals surface area contributed by atoms with Gasteiger partial charge in [0.1, 0.15) is 0 Å². The topological polar surface area (TPSA) is 50.1 Å². The number of fused-ring (bicyclic) bond motifs is 4. The highest BCUT2D eigenvalue weighted by Gasteiger charge is 2.22. The summed E-state index contributed by atoms with van der Waals surface area (Å²) >= 11 is 0. The maximum Gasteiger partial charge on any atom is 0.0864 e. The zero-order chi connectivity index (χ0) is 32.3. The minimum atomic E-state index is -0.392. The molecule has 0 radical (unpaired) electrons. The molecule has 0 amide bonds. The Labute approximate surface area is 281 Å². The second kappa shape index (κ2) is 13.3. The SMILES string of the molecule is NC(NC(NCc1cc(-c2ccccc2)ccc1-c1ccccc1)c1c2ccccc2cc2ccc3ccccc3c12)c1ccccc1. The standard InChI is InChI=1S/C45H37N3/c46-44(34-19-8-3-9-20-34)48-45(43-41-23-13-11-21-36(41)29-37-25-24-33-18-10-12-22-40(33)42(37)43)47-30-38-28-35(31-14-4-1-5-15-31)26-27-39(38)32-16-6-2-7-17-32/h1-29,44-45,47-48H,30,46H2. The molecule has 0 heterocycles. The van der Waals surface area contributed by atoms with Gasteiger partial charge in [0.15, 0.2) is 0 Å². The summed E-state index contributed by atoms with van der Waals surface area (Å²) in [6, 6.07) is 62.5. The molecule has 0 aliphatic rings. The lowest BCUT2D eigenvalue weighted by molar-refractivity contribution is 0.390. The number of nitrogens with two attached hydrogens (primary N) is 1. The highest BCUT2D eigenvalue weighted by molar-refractivity contribution is 6.15. The van der Waals surface area contributed by atoms with Gasteiger partial charge in [-0.3, -0.25) is 10.6 Å². The van der Waals surface area contributed by atoms with E-state index in [2.05, 4.69) is 168 Å². The van der Waals surface area contributed by atoms with Gasteiger partial charge in [0.25, 0.3) is 0 Å². The number of hydrogen-bond acceptors (Lipinski definition) is 3. The monoisotopic (exact) mass is 619 g/mol. The Morgan fingerprint density at radius 2 is 1.08 bits per heavy atom. The van der Waals surface area contributed by atoms with Gasteiger partial charge in [-0.25, -0.2) is 0 Å². The van der Waals surface area contributed by atoms with E-state index in [4.69, 9.17) is 5.73 Å². The van der Waals surface area contributed by atoms with Gasteiger partial charge in [-0.15, -0.1) is 0 Å². The minimum absolute atomic E-state index is 0.274. The lowest BCUT2D eigenvalue weighted by atomic mass is 9.90. The average molecular weight is 620 g/mol. The largest absolute Gasteiger partial charge is 0.312 e. The molecule has 3 nitrogen and oxygen atoms in total. The van der Waals surface area contributed by atoms with Crippen LogP contribution in [0.15, 0.2) is 176 Å². The van der Waals surface area contributed by atoms with Crippen molar-refractivity contribution in [3.05, 3.63) is 193 Å². The summed E-state index contributed by atoms with van der Waals surface area (Å²) in [5.41, 5.74) is 15.2.